The average Bonchev–Trinajstić information content (AvgIpc) is 3.33. The molecule has 5 aromatic rings. The van der Waals surface area contributed by atoms with Crippen LogP contribution in [0.1, 0.15) is 5.69 Å². The number of benzene rings is 3. The minimum Gasteiger partial charge on any atom is -0.443 e. The Kier molecular flexibility index (Phi) is 4.32. The van der Waals surface area contributed by atoms with Crippen molar-refractivity contribution < 1.29 is 8.81 Å². The fraction of sp³-hybridized carbons (Fsp3) is 0.0833. The zero-order chi connectivity index (χ0) is 20.7. The van der Waals surface area contributed by atoms with E-state index in [9.17, 15) is 4.39 Å². The van der Waals surface area contributed by atoms with Crippen molar-refractivity contribution >= 4 is 22.4 Å². The third-order valence-electron chi connectivity index (χ3n) is 5.19. The number of hydrogen-bond donors (Lipinski definition) is 1. The Labute approximate surface area is 172 Å². The molecule has 6 heteroatoms. The summed E-state index contributed by atoms with van der Waals surface area (Å²) in [5.74, 6) is 1.30. The maximum Gasteiger partial charge on any atom is 0.181 e. The van der Waals surface area contributed by atoms with Crippen molar-refractivity contribution in [2.45, 2.75) is 6.92 Å². The summed E-state index contributed by atoms with van der Waals surface area (Å²) in [6, 6.07) is 20.4. The largest absolute Gasteiger partial charge is 0.443 e. The molecule has 0 aliphatic carbocycles. The Morgan fingerprint density at radius 2 is 1.67 bits per heavy atom. The minimum atomic E-state index is -0.260. The van der Waals surface area contributed by atoms with E-state index >= 15 is 0 Å². The van der Waals surface area contributed by atoms with Gasteiger partial charge in [-0.2, -0.15) is 0 Å². The number of halogens is 1. The van der Waals surface area contributed by atoms with Crippen LogP contribution in [0.2, 0.25) is 0 Å². The van der Waals surface area contributed by atoms with Gasteiger partial charge in [0.05, 0.1) is 16.9 Å². The quantitative estimate of drug-likeness (QED) is 0.398. The van der Waals surface area contributed by atoms with Crippen molar-refractivity contribution in [1.29, 1.82) is 0 Å². The van der Waals surface area contributed by atoms with E-state index in [1.54, 1.807) is 12.1 Å². The van der Waals surface area contributed by atoms with Crippen molar-refractivity contribution in [2.75, 3.05) is 5.32 Å². The molecule has 148 valence electrons. The molecule has 0 spiro atoms. The molecule has 0 saturated heterocycles. The molecule has 0 fully saturated rings. The summed E-state index contributed by atoms with van der Waals surface area (Å²) < 4.78 is 20.8. The molecule has 0 amide bonds. The highest BCUT2D eigenvalue weighted by Crippen LogP contribution is 2.31. The highest BCUT2D eigenvalue weighted by atomic mass is 19.1. The van der Waals surface area contributed by atoms with Crippen LogP contribution in [0.5, 0.6) is 0 Å². The molecule has 0 atom stereocenters. The number of oxazole rings is 1. The van der Waals surface area contributed by atoms with Crippen molar-refractivity contribution in [3.05, 3.63) is 84.6 Å². The van der Waals surface area contributed by atoms with Gasteiger partial charge in [-0.05, 0) is 67.6 Å². The van der Waals surface area contributed by atoms with Gasteiger partial charge in [0.2, 0.25) is 0 Å². The molecule has 30 heavy (non-hydrogen) atoms. The molecule has 0 saturated carbocycles. The highest BCUT2D eigenvalue weighted by molar-refractivity contribution is 5.93. The monoisotopic (exact) mass is 398 g/mol. The Bertz CT molecular complexity index is 1330. The van der Waals surface area contributed by atoms with E-state index in [0.717, 1.165) is 50.8 Å². The normalized spacial score (nSPS) is 11.2. The zero-order valence-corrected chi connectivity index (χ0v) is 16.6. The van der Waals surface area contributed by atoms with E-state index in [4.69, 9.17) is 9.40 Å². The topological polar surface area (TPSA) is 55.9 Å². The summed E-state index contributed by atoms with van der Waals surface area (Å²) in [6.45, 7) is 1.92. The fourth-order valence-corrected chi connectivity index (χ4v) is 3.61. The van der Waals surface area contributed by atoms with Gasteiger partial charge in [0.1, 0.15) is 17.2 Å². The third-order valence-corrected chi connectivity index (χ3v) is 5.19. The van der Waals surface area contributed by atoms with Gasteiger partial charge in [-0.15, -0.1) is 0 Å². The molecule has 0 radical (unpaired) electrons. The smallest absolute Gasteiger partial charge is 0.181 e. The first-order chi connectivity index (χ1) is 14.6. The maximum absolute atomic E-state index is 13.3. The van der Waals surface area contributed by atoms with E-state index in [1.807, 2.05) is 61.0 Å². The van der Waals surface area contributed by atoms with Gasteiger partial charge in [0.25, 0.3) is 0 Å². The molecular weight excluding hydrogens is 379 g/mol. The summed E-state index contributed by atoms with van der Waals surface area (Å²) in [4.78, 5) is 8.98. The van der Waals surface area contributed by atoms with E-state index in [2.05, 4.69) is 10.3 Å². The fourth-order valence-electron chi connectivity index (χ4n) is 3.61. The summed E-state index contributed by atoms with van der Waals surface area (Å²) in [6.07, 6.45) is 1.46. The number of imidazole rings is 1. The standard InChI is InChI=1S/C24H19FN4O/c1-15-23(30-14-26-15)16-8-12-19(13-9-16)27-20-4-3-5-21-22(20)28-24(29(21)2)17-6-10-18(25)11-7-17/h3-14,27H,1-2H3. The van der Waals surface area contributed by atoms with Gasteiger partial charge in [-0.3, -0.25) is 0 Å². The van der Waals surface area contributed by atoms with Crippen LogP contribution in [0, 0.1) is 12.7 Å². The molecule has 0 bridgehead atoms. The second-order valence-electron chi connectivity index (χ2n) is 7.14. The third kappa shape index (κ3) is 3.12. The lowest BCUT2D eigenvalue weighted by Gasteiger charge is -2.08. The number of nitrogens with zero attached hydrogens (tertiary/aromatic N) is 3. The number of aryl methyl sites for hydroxylation is 2. The molecule has 1 N–H and O–H groups in total. The number of fused-ring (bicyclic) bond motifs is 1. The van der Waals surface area contributed by atoms with Crippen LogP contribution in [0.25, 0.3) is 33.7 Å². The lowest BCUT2D eigenvalue weighted by molar-refractivity contribution is 0.571. The number of anilines is 2. The van der Waals surface area contributed by atoms with Crippen LogP contribution >= 0.6 is 0 Å². The van der Waals surface area contributed by atoms with Gasteiger partial charge in [-0.25, -0.2) is 14.4 Å². The Morgan fingerprint density at radius 3 is 2.37 bits per heavy atom. The molecule has 0 unspecified atom stereocenters. The van der Waals surface area contributed by atoms with Crippen molar-refractivity contribution in [1.82, 2.24) is 14.5 Å². The van der Waals surface area contributed by atoms with Crippen LogP contribution in [-0.4, -0.2) is 14.5 Å². The van der Waals surface area contributed by atoms with Crippen LogP contribution in [0.3, 0.4) is 0 Å². The number of aromatic nitrogens is 3. The molecule has 2 aromatic heterocycles. The molecule has 2 heterocycles. The predicted molar refractivity (Wildman–Crippen MR) is 116 cm³/mol. The summed E-state index contributed by atoms with van der Waals surface area (Å²) in [7, 11) is 1.96. The van der Waals surface area contributed by atoms with Crippen molar-refractivity contribution in [3.8, 4) is 22.7 Å². The zero-order valence-electron chi connectivity index (χ0n) is 16.6. The lowest BCUT2D eigenvalue weighted by atomic mass is 10.1. The van der Waals surface area contributed by atoms with Crippen LogP contribution in [0.15, 0.2) is 77.5 Å². The van der Waals surface area contributed by atoms with Gasteiger partial charge in [-0.1, -0.05) is 6.07 Å². The van der Waals surface area contributed by atoms with Crippen LogP contribution in [-0.2, 0) is 7.05 Å². The average molecular weight is 398 g/mol. The molecule has 3 aromatic carbocycles. The lowest BCUT2D eigenvalue weighted by Crippen LogP contribution is -1.93. The second kappa shape index (κ2) is 7.15. The van der Waals surface area contributed by atoms with Crippen molar-refractivity contribution in [2.24, 2.45) is 7.05 Å². The molecule has 0 aliphatic heterocycles. The van der Waals surface area contributed by atoms with Crippen LogP contribution < -0.4 is 5.32 Å². The molecular formula is C24H19FN4O. The van der Waals surface area contributed by atoms with Crippen LogP contribution in [0.4, 0.5) is 15.8 Å². The predicted octanol–water partition coefficient (Wildman–Crippen LogP) is 6.09. The first-order valence-electron chi connectivity index (χ1n) is 9.59. The number of rotatable bonds is 4. The minimum absolute atomic E-state index is 0.260. The Hall–Kier alpha value is -3.93. The van der Waals surface area contributed by atoms with E-state index in [-0.39, 0.29) is 5.82 Å². The van der Waals surface area contributed by atoms with Gasteiger partial charge in [0, 0.05) is 23.9 Å². The molecule has 5 rings (SSSR count). The summed E-state index contributed by atoms with van der Waals surface area (Å²) in [5.41, 5.74) is 6.40. The van der Waals surface area contributed by atoms with Gasteiger partial charge < -0.3 is 14.3 Å². The summed E-state index contributed by atoms with van der Waals surface area (Å²) >= 11 is 0. The van der Waals surface area contributed by atoms with Gasteiger partial charge >= 0.3 is 0 Å². The number of hydrogen-bond acceptors (Lipinski definition) is 4. The first kappa shape index (κ1) is 18.1. The van der Waals surface area contributed by atoms with Crippen molar-refractivity contribution in [3.63, 3.8) is 0 Å². The van der Waals surface area contributed by atoms with E-state index < -0.39 is 0 Å². The van der Waals surface area contributed by atoms with E-state index in [0.29, 0.717) is 0 Å². The number of nitrogens with one attached hydrogen (secondary N) is 1. The molecule has 5 nitrogen and oxygen atoms in total. The Morgan fingerprint density at radius 1 is 0.933 bits per heavy atom. The Balaban J connectivity index is 1.50. The maximum atomic E-state index is 13.3. The summed E-state index contributed by atoms with van der Waals surface area (Å²) in [5, 5.41) is 3.45. The number of para-hydroxylation sites is 1. The second-order valence-corrected chi connectivity index (χ2v) is 7.14. The first-order valence-corrected chi connectivity index (χ1v) is 9.59. The van der Waals surface area contributed by atoms with E-state index in [1.165, 1.54) is 18.5 Å². The molecule has 0 aliphatic rings. The SMILES string of the molecule is Cc1ncoc1-c1ccc(Nc2cccc3c2nc(-c2ccc(F)cc2)n3C)cc1. The van der Waals surface area contributed by atoms with Gasteiger partial charge in [0.15, 0.2) is 12.2 Å². The highest BCUT2D eigenvalue weighted by Gasteiger charge is 2.13.